The summed E-state index contributed by atoms with van der Waals surface area (Å²) in [6.45, 7) is 2.87. The molecule has 0 saturated carbocycles. The fourth-order valence-electron chi connectivity index (χ4n) is 1.59. The van der Waals surface area contributed by atoms with Crippen molar-refractivity contribution in [2.75, 3.05) is 11.9 Å². The zero-order valence-electron chi connectivity index (χ0n) is 8.75. The molecule has 5 heteroatoms. The van der Waals surface area contributed by atoms with Gasteiger partial charge < -0.3 is 10.6 Å². The third kappa shape index (κ3) is 2.68. The molecule has 0 radical (unpaired) electrons. The van der Waals surface area contributed by atoms with Crippen molar-refractivity contribution >= 4 is 22.4 Å². The highest BCUT2D eigenvalue weighted by Gasteiger charge is 2.20. The van der Waals surface area contributed by atoms with Crippen LogP contribution in [0.25, 0.3) is 0 Å². The Morgan fingerprint density at radius 3 is 3.20 bits per heavy atom. The molecule has 1 amide bonds. The Morgan fingerprint density at radius 1 is 1.73 bits per heavy atom. The summed E-state index contributed by atoms with van der Waals surface area (Å²) < 4.78 is 0. The second-order valence-corrected chi connectivity index (χ2v) is 4.54. The molecule has 0 spiro atoms. The number of carbonyl (C=O) groups is 1. The molecule has 82 valence electrons. The molecule has 2 N–H and O–H groups in total. The molecule has 2 rings (SSSR count). The largest absolute Gasteiger partial charge is 0.359 e. The molecule has 15 heavy (non-hydrogen) atoms. The van der Waals surface area contributed by atoms with Gasteiger partial charge in [0.25, 0.3) is 0 Å². The van der Waals surface area contributed by atoms with E-state index in [1.54, 1.807) is 11.3 Å². The number of hydrogen-bond donors (Lipinski definition) is 2. The predicted octanol–water partition coefficient (Wildman–Crippen LogP) is 1.40. The van der Waals surface area contributed by atoms with Crippen LogP contribution in [0.4, 0.5) is 5.13 Å². The van der Waals surface area contributed by atoms with E-state index in [4.69, 9.17) is 0 Å². The van der Waals surface area contributed by atoms with Crippen LogP contribution >= 0.6 is 11.3 Å². The van der Waals surface area contributed by atoms with E-state index in [0.29, 0.717) is 6.42 Å². The van der Waals surface area contributed by atoms with Gasteiger partial charge in [0, 0.05) is 24.4 Å². The standard InChI is InChI=1S/C10H15N3OS/c1-2-7-6-15-10(13-7)11-5-8-3-4-9(14)12-8/h6,8H,2-5H2,1H3,(H,11,13)(H,12,14). The average molecular weight is 225 g/mol. The zero-order valence-corrected chi connectivity index (χ0v) is 9.56. The number of anilines is 1. The first-order valence-corrected chi connectivity index (χ1v) is 6.13. The maximum Gasteiger partial charge on any atom is 0.220 e. The van der Waals surface area contributed by atoms with Crippen LogP contribution in [-0.4, -0.2) is 23.5 Å². The van der Waals surface area contributed by atoms with E-state index >= 15 is 0 Å². The molecule has 0 aromatic carbocycles. The van der Waals surface area contributed by atoms with Crippen LogP contribution in [-0.2, 0) is 11.2 Å². The van der Waals surface area contributed by atoms with Crippen molar-refractivity contribution in [1.82, 2.24) is 10.3 Å². The Kier molecular flexibility index (Phi) is 3.20. The number of thiazole rings is 1. The quantitative estimate of drug-likeness (QED) is 0.814. The Bertz CT molecular complexity index is 350. The van der Waals surface area contributed by atoms with Gasteiger partial charge in [0.1, 0.15) is 0 Å². The van der Waals surface area contributed by atoms with Gasteiger partial charge in [-0.1, -0.05) is 6.92 Å². The number of nitrogens with one attached hydrogen (secondary N) is 2. The molecule has 1 fully saturated rings. The topological polar surface area (TPSA) is 54.0 Å². The van der Waals surface area contributed by atoms with Crippen molar-refractivity contribution in [1.29, 1.82) is 0 Å². The lowest BCUT2D eigenvalue weighted by Gasteiger charge is -2.09. The Labute approximate surface area is 93.1 Å². The second kappa shape index (κ2) is 4.61. The van der Waals surface area contributed by atoms with Crippen LogP contribution in [0.15, 0.2) is 5.38 Å². The van der Waals surface area contributed by atoms with Gasteiger partial charge in [-0.05, 0) is 12.8 Å². The van der Waals surface area contributed by atoms with Crippen molar-refractivity contribution < 1.29 is 4.79 Å². The van der Waals surface area contributed by atoms with Crippen LogP contribution < -0.4 is 10.6 Å². The smallest absolute Gasteiger partial charge is 0.220 e. The molecule has 1 unspecified atom stereocenters. The van der Waals surface area contributed by atoms with Gasteiger partial charge in [0.05, 0.1) is 5.69 Å². The van der Waals surface area contributed by atoms with Crippen molar-refractivity contribution in [2.45, 2.75) is 32.2 Å². The lowest BCUT2D eigenvalue weighted by Crippen LogP contribution is -2.31. The number of aryl methyl sites for hydroxylation is 1. The molecule has 1 aliphatic heterocycles. The molecule has 1 aromatic heterocycles. The van der Waals surface area contributed by atoms with Crippen LogP contribution in [0.5, 0.6) is 0 Å². The number of nitrogens with zero attached hydrogens (tertiary/aromatic N) is 1. The van der Waals surface area contributed by atoms with E-state index in [2.05, 4.69) is 27.9 Å². The van der Waals surface area contributed by atoms with Gasteiger partial charge >= 0.3 is 0 Å². The van der Waals surface area contributed by atoms with E-state index in [1.165, 1.54) is 0 Å². The van der Waals surface area contributed by atoms with Crippen molar-refractivity contribution in [2.24, 2.45) is 0 Å². The Balaban J connectivity index is 1.80. The van der Waals surface area contributed by atoms with Crippen molar-refractivity contribution in [3.63, 3.8) is 0 Å². The number of aromatic nitrogens is 1. The summed E-state index contributed by atoms with van der Waals surface area (Å²) in [7, 11) is 0. The maximum absolute atomic E-state index is 11.0. The molecule has 1 aromatic rings. The minimum atomic E-state index is 0.162. The first kappa shape index (κ1) is 10.4. The summed E-state index contributed by atoms with van der Waals surface area (Å²) in [6.07, 6.45) is 2.56. The maximum atomic E-state index is 11.0. The van der Waals surface area contributed by atoms with E-state index in [-0.39, 0.29) is 11.9 Å². The van der Waals surface area contributed by atoms with Gasteiger partial charge in [-0.25, -0.2) is 4.98 Å². The highest BCUT2D eigenvalue weighted by atomic mass is 32.1. The van der Waals surface area contributed by atoms with E-state index in [1.807, 2.05) is 0 Å². The summed E-state index contributed by atoms with van der Waals surface area (Å²) >= 11 is 1.62. The highest BCUT2D eigenvalue weighted by molar-refractivity contribution is 7.13. The molecule has 0 aliphatic carbocycles. The van der Waals surface area contributed by atoms with Crippen LogP contribution in [0.2, 0.25) is 0 Å². The summed E-state index contributed by atoms with van der Waals surface area (Å²) in [4.78, 5) is 15.4. The molecule has 1 atom stereocenters. The summed E-state index contributed by atoms with van der Waals surface area (Å²) in [5.41, 5.74) is 1.12. The molecule has 4 nitrogen and oxygen atoms in total. The fourth-order valence-corrected chi connectivity index (χ4v) is 2.40. The molecule has 0 bridgehead atoms. The van der Waals surface area contributed by atoms with Gasteiger partial charge in [0.15, 0.2) is 5.13 Å². The Hall–Kier alpha value is -1.10. The van der Waals surface area contributed by atoms with Gasteiger partial charge in [-0.15, -0.1) is 11.3 Å². The fraction of sp³-hybridized carbons (Fsp3) is 0.600. The molecular formula is C10H15N3OS. The van der Waals surface area contributed by atoms with Crippen LogP contribution in [0, 0.1) is 0 Å². The lowest BCUT2D eigenvalue weighted by atomic mass is 10.2. The molecular weight excluding hydrogens is 210 g/mol. The summed E-state index contributed by atoms with van der Waals surface area (Å²) in [6, 6.07) is 0.270. The van der Waals surface area contributed by atoms with E-state index < -0.39 is 0 Å². The normalized spacial score (nSPS) is 20.3. The molecule has 1 aliphatic rings. The van der Waals surface area contributed by atoms with Gasteiger partial charge in [-0.2, -0.15) is 0 Å². The minimum Gasteiger partial charge on any atom is -0.359 e. The summed E-state index contributed by atoms with van der Waals surface area (Å²) in [5, 5.41) is 9.19. The third-order valence-corrected chi connectivity index (χ3v) is 3.35. The number of carbonyl (C=O) groups excluding carboxylic acids is 1. The van der Waals surface area contributed by atoms with E-state index in [9.17, 15) is 4.79 Å². The second-order valence-electron chi connectivity index (χ2n) is 3.68. The SMILES string of the molecule is CCc1csc(NCC2CCC(=O)N2)n1. The van der Waals surface area contributed by atoms with Crippen molar-refractivity contribution in [3.05, 3.63) is 11.1 Å². The number of rotatable bonds is 4. The van der Waals surface area contributed by atoms with Crippen LogP contribution in [0.1, 0.15) is 25.5 Å². The van der Waals surface area contributed by atoms with Crippen molar-refractivity contribution in [3.8, 4) is 0 Å². The van der Waals surface area contributed by atoms with Gasteiger partial charge in [-0.3, -0.25) is 4.79 Å². The monoisotopic (exact) mass is 225 g/mol. The van der Waals surface area contributed by atoms with E-state index in [0.717, 1.165) is 30.2 Å². The molecule has 2 heterocycles. The third-order valence-electron chi connectivity index (χ3n) is 2.50. The van der Waals surface area contributed by atoms with Crippen LogP contribution in [0.3, 0.4) is 0 Å². The predicted molar refractivity (Wildman–Crippen MR) is 61.1 cm³/mol. The first-order chi connectivity index (χ1) is 7.28. The molecule has 1 saturated heterocycles. The summed E-state index contributed by atoms with van der Waals surface area (Å²) in [5.74, 6) is 0.162. The minimum absolute atomic E-state index is 0.162. The number of amides is 1. The Morgan fingerprint density at radius 2 is 2.60 bits per heavy atom. The van der Waals surface area contributed by atoms with Gasteiger partial charge in [0.2, 0.25) is 5.91 Å². The highest BCUT2D eigenvalue weighted by Crippen LogP contribution is 2.16. The first-order valence-electron chi connectivity index (χ1n) is 5.25. The zero-order chi connectivity index (χ0) is 10.7. The lowest BCUT2D eigenvalue weighted by molar-refractivity contribution is -0.119. The number of hydrogen-bond acceptors (Lipinski definition) is 4. The average Bonchev–Trinajstić information content (AvgIpc) is 2.83.